The summed E-state index contributed by atoms with van der Waals surface area (Å²) in [5.74, 6) is -0.570. The molecule has 1 saturated heterocycles. The Balaban J connectivity index is 1.47. The molecule has 164 valence electrons. The van der Waals surface area contributed by atoms with E-state index < -0.39 is 17.8 Å². The summed E-state index contributed by atoms with van der Waals surface area (Å²) in [4.78, 5) is 21.0. The third-order valence-electron chi connectivity index (χ3n) is 4.96. The normalized spacial score (nSPS) is 16.5. The lowest BCUT2D eigenvalue weighted by Crippen LogP contribution is -2.48. The summed E-state index contributed by atoms with van der Waals surface area (Å²) < 4.78 is 24.5. The fourth-order valence-corrected chi connectivity index (χ4v) is 3.33. The number of hydrogen-bond donors (Lipinski definition) is 2. The summed E-state index contributed by atoms with van der Waals surface area (Å²) in [6.07, 6.45) is 0.807. The predicted octanol–water partition coefficient (Wildman–Crippen LogP) is 1.89. The number of aliphatic hydroxyl groups is 1. The first kappa shape index (κ1) is 22.4. The lowest BCUT2D eigenvalue weighted by molar-refractivity contribution is 0.00949. The lowest BCUT2D eigenvalue weighted by Gasteiger charge is -2.34. The van der Waals surface area contributed by atoms with Gasteiger partial charge in [0.05, 0.1) is 24.9 Å². The molecule has 1 amide bonds. The molecule has 3 rings (SSSR count). The molecule has 0 unspecified atom stereocenters. The van der Waals surface area contributed by atoms with Crippen molar-refractivity contribution in [2.24, 2.45) is 0 Å². The topological polar surface area (TPSA) is 91.1 Å². The highest BCUT2D eigenvalue weighted by atomic mass is 19.1. The second kappa shape index (κ2) is 10.6. The van der Waals surface area contributed by atoms with Crippen LogP contribution in [0.2, 0.25) is 0 Å². The van der Waals surface area contributed by atoms with E-state index in [-0.39, 0.29) is 11.4 Å². The molecule has 0 saturated carbocycles. The average Bonchev–Trinajstić information content (AvgIpc) is 3.19. The van der Waals surface area contributed by atoms with Gasteiger partial charge in [-0.05, 0) is 31.5 Å². The second-order valence-electron chi connectivity index (χ2n) is 7.45. The Hall–Kier alpha value is -2.33. The molecule has 0 radical (unpaired) electrons. The molecule has 1 aliphatic heterocycles. The van der Waals surface area contributed by atoms with Gasteiger partial charge in [0.2, 0.25) is 5.89 Å². The number of amides is 1. The van der Waals surface area contributed by atoms with Crippen LogP contribution in [-0.4, -0.2) is 77.8 Å². The van der Waals surface area contributed by atoms with Crippen molar-refractivity contribution < 1.29 is 23.4 Å². The number of aromatic nitrogens is 1. The van der Waals surface area contributed by atoms with Crippen LogP contribution >= 0.6 is 0 Å². The minimum absolute atomic E-state index is 0.114. The molecule has 30 heavy (non-hydrogen) atoms. The van der Waals surface area contributed by atoms with E-state index in [2.05, 4.69) is 20.1 Å². The van der Waals surface area contributed by atoms with Gasteiger partial charge in [0.25, 0.3) is 5.91 Å². The molecule has 0 bridgehead atoms. The Bertz CT molecular complexity index is 836. The van der Waals surface area contributed by atoms with Gasteiger partial charge >= 0.3 is 0 Å². The lowest BCUT2D eigenvalue weighted by atomic mass is 10.2. The van der Waals surface area contributed by atoms with Crippen LogP contribution in [0.3, 0.4) is 0 Å². The van der Waals surface area contributed by atoms with Crippen molar-refractivity contribution in [3.63, 3.8) is 0 Å². The Morgan fingerprint density at radius 1 is 1.33 bits per heavy atom. The van der Waals surface area contributed by atoms with E-state index in [1.54, 1.807) is 12.1 Å². The van der Waals surface area contributed by atoms with Crippen LogP contribution in [0.15, 0.2) is 28.9 Å². The molecule has 1 aromatic carbocycles. The number of anilines is 1. The first-order valence-electron chi connectivity index (χ1n) is 10.2. The maximum atomic E-state index is 13.8. The third-order valence-corrected chi connectivity index (χ3v) is 4.96. The zero-order chi connectivity index (χ0) is 21.5. The van der Waals surface area contributed by atoms with Gasteiger partial charge in [-0.15, -0.1) is 0 Å². The number of ether oxygens (including phenoxy) is 1. The fraction of sp³-hybridized carbons (Fsp3) is 0.524. The number of rotatable bonds is 9. The molecule has 2 N–H and O–H groups in total. The summed E-state index contributed by atoms with van der Waals surface area (Å²) in [6, 6.07) is 4.52. The highest BCUT2D eigenvalue weighted by molar-refractivity contribution is 6.02. The smallest absolute Gasteiger partial charge is 0.277 e. The van der Waals surface area contributed by atoms with Gasteiger partial charge in [0.15, 0.2) is 5.69 Å². The van der Waals surface area contributed by atoms with Crippen LogP contribution in [-0.2, 0) is 11.3 Å². The standard InChI is InChI=1S/C21H29FN4O4/c1-3-29-13-16(27)11-25-6-8-26(9-7-25)12-20-23-19(14-30-20)21(28)24-18-10-15(2)4-5-17(18)22/h4-5,10,14,16,27H,3,6-9,11-13H2,1-2H3,(H,24,28)/t16-/m0/s1. The van der Waals surface area contributed by atoms with Crippen LogP contribution < -0.4 is 5.32 Å². The van der Waals surface area contributed by atoms with Gasteiger partial charge in [-0.3, -0.25) is 14.6 Å². The predicted molar refractivity (Wildman–Crippen MR) is 110 cm³/mol. The number of hydrogen-bond acceptors (Lipinski definition) is 7. The Morgan fingerprint density at radius 2 is 2.07 bits per heavy atom. The monoisotopic (exact) mass is 420 g/mol. The summed E-state index contributed by atoms with van der Waals surface area (Å²) >= 11 is 0. The van der Waals surface area contributed by atoms with Crippen LogP contribution in [0.25, 0.3) is 0 Å². The molecule has 9 heteroatoms. The molecular weight excluding hydrogens is 391 g/mol. The highest BCUT2D eigenvalue weighted by Crippen LogP contribution is 2.17. The third kappa shape index (κ3) is 6.33. The molecule has 1 atom stereocenters. The number of β-amino-alcohol motifs (C(OH)–C–C–N with tert-alkyl or cyclic N) is 1. The molecule has 8 nitrogen and oxygen atoms in total. The van der Waals surface area contributed by atoms with Crippen molar-refractivity contribution in [1.29, 1.82) is 0 Å². The van der Waals surface area contributed by atoms with Gasteiger partial charge < -0.3 is 19.6 Å². The van der Waals surface area contributed by atoms with Crippen LogP contribution in [0.5, 0.6) is 0 Å². The molecule has 1 aliphatic rings. The van der Waals surface area contributed by atoms with Gasteiger partial charge in [-0.1, -0.05) is 6.07 Å². The number of halogens is 1. The van der Waals surface area contributed by atoms with Crippen molar-refractivity contribution in [1.82, 2.24) is 14.8 Å². The van der Waals surface area contributed by atoms with Gasteiger partial charge in [-0.2, -0.15) is 0 Å². The van der Waals surface area contributed by atoms with E-state index >= 15 is 0 Å². The molecule has 2 aromatic rings. The summed E-state index contributed by atoms with van der Waals surface area (Å²) in [6.45, 7) is 9.01. The maximum Gasteiger partial charge on any atom is 0.277 e. The number of benzene rings is 1. The zero-order valence-electron chi connectivity index (χ0n) is 17.4. The van der Waals surface area contributed by atoms with Crippen LogP contribution in [0, 0.1) is 12.7 Å². The van der Waals surface area contributed by atoms with E-state index in [4.69, 9.17) is 9.15 Å². The quantitative estimate of drug-likeness (QED) is 0.640. The summed E-state index contributed by atoms with van der Waals surface area (Å²) in [5.41, 5.74) is 1.08. The van der Waals surface area contributed by atoms with Crippen molar-refractivity contribution in [2.45, 2.75) is 26.5 Å². The van der Waals surface area contributed by atoms with E-state index in [0.29, 0.717) is 32.2 Å². The number of aliphatic hydroxyl groups excluding tert-OH is 1. The average molecular weight is 420 g/mol. The van der Waals surface area contributed by atoms with Crippen molar-refractivity contribution in [2.75, 3.05) is 51.3 Å². The Kier molecular flexibility index (Phi) is 7.92. The van der Waals surface area contributed by atoms with Gasteiger partial charge in [-0.25, -0.2) is 9.37 Å². The number of piperazine rings is 1. The van der Waals surface area contributed by atoms with Crippen molar-refractivity contribution in [3.05, 3.63) is 47.4 Å². The van der Waals surface area contributed by atoms with E-state index in [1.807, 2.05) is 13.8 Å². The molecule has 2 heterocycles. The van der Waals surface area contributed by atoms with Crippen molar-refractivity contribution >= 4 is 11.6 Å². The highest BCUT2D eigenvalue weighted by Gasteiger charge is 2.21. The van der Waals surface area contributed by atoms with E-state index in [1.165, 1.54) is 12.3 Å². The van der Waals surface area contributed by atoms with E-state index in [0.717, 1.165) is 31.7 Å². The van der Waals surface area contributed by atoms with Gasteiger partial charge in [0.1, 0.15) is 12.1 Å². The van der Waals surface area contributed by atoms with Crippen LogP contribution in [0.1, 0.15) is 28.9 Å². The number of carbonyl (C=O) groups excluding carboxylic acids is 1. The molecule has 1 fully saturated rings. The van der Waals surface area contributed by atoms with E-state index in [9.17, 15) is 14.3 Å². The van der Waals surface area contributed by atoms with Crippen molar-refractivity contribution in [3.8, 4) is 0 Å². The molecular formula is C21H29FN4O4. The minimum atomic E-state index is -0.511. The zero-order valence-corrected chi connectivity index (χ0v) is 17.4. The molecule has 0 aliphatic carbocycles. The fourth-order valence-electron chi connectivity index (χ4n) is 3.33. The Morgan fingerprint density at radius 3 is 2.80 bits per heavy atom. The summed E-state index contributed by atoms with van der Waals surface area (Å²) in [7, 11) is 0. The largest absolute Gasteiger partial charge is 0.447 e. The molecule has 0 spiro atoms. The maximum absolute atomic E-state index is 13.8. The number of oxazole rings is 1. The minimum Gasteiger partial charge on any atom is -0.447 e. The first-order chi connectivity index (χ1) is 14.4. The molecule has 1 aromatic heterocycles. The number of aryl methyl sites for hydroxylation is 1. The number of nitrogens with zero attached hydrogens (tertiary/aromatic N) is 3. The Labute approximate surface area is 175 Å². The number of carbonyl (C=O) groups is 1. The number of nitrogens with one attached hydrogen (secondary N) is 1. The van der Waals surface area contributed by atoms with Crippen LogP contribution in [0.4, 0.5) is 10.1 Å². The first-order valence-corrected chi connectivity index (χ1v) is 10.2. The second-order valence-corrected chi connectivity index (χ2v) is 7.45. The van der Waals surface area contributed by atoms with Gasteiger partial charge in [0, 0.05) is 39.3 Å². The summed E-state index contributed by atoms with van der Waals surface area (Å²) in [5, 5.41) is 12.5. The SMILES string of the molecule is CCOC[C@@H](O)CN1CCN(Cc2nc(C(=O)Nc3cc(C)ccc3F)co2)CC1.